The van der Waals surface area contributed by atoms with Crippen LogP contribution < -0.4 is 9.47 Å². The summed E-state index contributed by atoms with van der Waals surface area (Å²) in [5.41, 5.74) is 1.55. The minimum absolute atomic E-state index is 0.133. The molecule has 140 valence electrons. The topological polar surface area (TPSA) is 51.1 Å². The Morgan fingerprint density at radius 3 is 2.67 bits per heavy atom. The van der Waals surface area contributed by atoms with E-state index in [0.29, 0.717) is 31.6 Å². The lowest BCUT2D eigenvalue weighted by molar-refractivity contribution is -0.123. The van der Waals surface area contributed by atoms with Crippen LogP contribution in [0, 0.1) is 0 Å². The summed E-state index contributed by atoms with van der Waals surface area (Å²) in [6.07, 6.45) is 1.57. The van der Waals surface area contributed by atoms with Gasteiger partial charge >= 0.3 is 0 Å². The van der Waals surface area contributed by atoms with Gasteiger partial charge in [-0.15, -0.1) is 0 Å². The van der Waals surface area contributed by atoms with Crippen molar-refractivity contribution in [3.63, 3.8) is 0 Å². The fraction of sp³-hybridized carbons (Fsp3) is 0.167. The molecule has 1 heterocycles. The molecule has 0 bridgehead atoms. The van der Waals surface area contributed by atoms with Gasteiger partial charge in [0.2, 0.25) is 0 Å². The second kappa shape index (κ2) is 8.93. The Morgan fingerprint density at radius 1 is 1.30 bits per heavy atom. The number of methoxy groups -OCH3 is 1. The molecule has 1 aliphatic heterocycles. The van der Waals surface area contributed by atoms with E-state index in [0.717, 1.165) is 11.1 Å². The van der Waals surface area contributed by atoms with E-state index < -0.39 is 0 Å². The zero-order chi connectivity index (χ0) is 19.4. The second-order valence-corrected chi connectivity index (χ2v) is 7.84. The third-order valence-electron chi connectivity index (χ3n) is 3.65. The van der Waals surface area contributed by atoms with Crippen LogP contribution in [0.15, 0.2) is 41.5 Å². The molecule has 9 heteroatoms. The van der Waals surface area contributed by atoms with Crippen LogP contribution in [-0.4, -0.2) is 34.3 Å². The molecule has 0 radical (unpaired) electrons. The first-order valence-corrected chi connectivity index (χ1v) is 9.92. The number of hydrogen-bond acceptors (Lipinski definition) is 6. The van der Waals surface area contributed by atoms with E-state index in [-0.39, 0.29) is 12.5 Å². The third kappa shape index (κ3) is 4.73. The summed E-state index contributed by atoms with van der Waals surface area (Å²) in [4.78, 5) is 11.7. The number of thiocarbonyl (C=S) groups is 1. The Bertz CT molecular complexity index is 885. The van der Waals surface area contributed by atoms with Crippen LogP contribution >= 0.6 is 47.2 Å². The van der Waals surface area contributed by atoms with Gasteiger partial charge < -0.3 is 9.47 Å². The van der Waals surface area contributed by atoms with Crippen LogP contribution in [0.5, 0.6) is 11.5 Å². The maximum Gasteiger partial charge on any atom is 0.259 e. The highest BCUT2D eigenvalue weighted by Crippen LogP contribution is 2.33. The molecule has 3 rings (SSSR count). The van der Waals surface area contributed by atoms with Crippen molar-refractivity contribution >= 4 is 63.6 Å². The van der Waals surface area contributed by atoms with Crippen molar-refractivity contribution in [3.8, 4) is 11.5 Å². The fourth-order valence-electron chi connectivity index (χ4n) is 2.35. The van der Waals surface area contributed by atoms with Crippen molar-refractivity contribution in [3.05, 3.63) is 57.6 Å². The van der Waals surface area contributed by atoms with Crippen molar-refractivity contribution < 1.29 is 14.3 Å². The van der Waals surface area contributed by atoms with Crippen molar-refractivity contribution in [1.29, 1.82) is 0 Å². The number of thioether (sulfide) groups is 1. The van der Waals surface area contributed by atoms with Crippen LogP contribution in [0.1, 0.15) is 11.1 Å². The van der Waals surface area contributed by atoms with Crippen LogP contribution in [-0.2, 0) is 11.4 Å². The minimum Gasteiger partial charge on any atom is -0.496 e. The first-order chi connectivity index (χ1) is 13.0. The predicted molar refractivity (Wildman–Crippen MR) is 113 cm³/mol. The van der Waals surface area contributed by atoms with Gasteiger partial charge in [0.25, 0.3) is 5.91 Å². The number of halogens is 2. The average molecular weight is 441 g/mol. The van der Waals surface area contributed by atoms with Gasteiger partial charge in [-0.25, -0.2) is 0 Å². The van der Waals surface area contributed by atoms with E-state index in [1.165, 1.54) is 16.8 Å². The molecule has 27 heavy (non-hydrogen) atoms. The van der Waals surface area contributed by atoms with Crippen LogP contribution in [0.2, 0.25) is 10.0 Å². The van der Waals surface area contributed by atoms with Gasteiger partial charge in [-0.1, -0.05) is 53.2 Å². The van der Waals surface area contributed by atoms with Crippen molar-refractivity contribution in [2.24, 2.45) is 5.10 Å². The molecule has 1 fully saturated rings. The van der Waals surface area contributed by atoms with E-state index in [1.54, 1.807) is 37.6 Å². The molecule has 1 amide bonds. The number of carbonyl (C=O) groups excluding carboxylic acids is 1. The van der Waals surface area contributed by atoms with E-state index in [4.69, 9.17) is 44.9 Å². The number of para-hydroxylation sites is 1. The first-order valence-electron chi connectivity index (χ1n) is 7.77. The highest BCUT2D eigenvalue weighted by molar-refractivity contribution is 8.23. The lowest BCUT2D eigenvalue weighted by Crippen LogP contribution is -2.22. The molecule has 0 N–H and O–H groups in total. The fourth-order valence-corrected chi connectivity index (χ4v) is 3.82. The number of benzene rings is 2. The summed E-state index contributed by atoms with van der Waals surface area (Å²) in [6, 6.07) is 10.6. The molecule has 1 aliphatic rings. The summed E-state index contributed by atoms with van der Waals surface area (Å²) < 4.78 is 11.6. The number of nitrogens with zero attached hydrogens (tertiary/aromatic N) is 2. The minimum atomic E-state index is -0.133. The zero-order valence-corrected chi connectivity index (χ0v) is 17.3. The molecular weight excluding hydrogens is 427 g/mol. The van der Waals surface area contributed by atoms with E-state index >= 15 is 0 Å². The van der Waals surface area contributed by atoms with Crippen molar-refractivity contribution in [2.45, 2.75) is 6.61 Å². The summed E-state index contributed by atoms with van der Waals surface area (Å²) in [5.74, 6) is 1.24. The van der Waals surface area contributed by atoms with Crippen LogP contribution in [0.25, 0.3) is 0 Å². The number of amides is 1. The van der Waals surface area contributed by atoms with E-state index in [2.05, 4.69) is 5.10 Å². The summed E-state index contributed by atoms with van der Waals surface area (Å²) >= 11 is 18.7. The number of ether oxygens (including phenoxy) is 2. The molecule has 5 nitrogen and oxygen atoms in total. The van der Waals surface area contributed by atoms with Crippen LogP contribution in [0.4, 0.5) is 0 Å². The van der Waals surface area contributed by atoms with Crippen molar-refractivity contribution in [2.75, 3.05) is 12.9 Å². The maximum atomic E-state index is 11.7. The van der Waals surface area contributed by atoms with Gasteiger partial charge in [0.05, 0.1) is 29.1 Å². The molecule has 0 aromatic heterocycles. The van der Waals surface area contributed by atoms with Gasteiger partial charge in [-0.2, -0.15) is 10.1 Å². The molecule has 0 saturated carbocycles. The lowest BCUT2D eigenvalue weighted by atomic mass is 10.1. The Hall–Kier alpha value is -1.80. The molecular formula is C18H14Cl2N2O3S2. The number of rotatable bonds is 6. The number of hydrazone groups is 1. The maximum absolute atomic E-state index is 11.7. The van der Waals surface area contributed by atoms with Gasteiger partial charge in [0, 0.05) is 5.56 Å². The Kier molecular flexibility index (Phi) is 6.59. The van der Waals surface area contributed by atoms with Gasteiger partial charge in [0.1, 0.15) is 12.4 Å². The highest BCUT2D eigenvalue weighted by Gasteiger charge is 2.25. The standard InChI is InChI=1S/C18H14Cl2N2O3S2/c1-24-15-6-5-11(8-21-22-16(23)10-27-18(22)26)7-12(15)9-25-17-13(19)3-2-4-14(17)20/h2-8H,9-10H2,1H3/b21-8-. The average Bonchev–Trinajstić information content (AvgIpc) is 2.97. The largest absolute Gasteiger partial charge is 0.496 e. The van der Waals surface area contributed by atoms with Gasteiger partial charge in [-0.3, -0.25) is 4.79 Å². The summed E-state index contributed by atoms with van der Waals surface area (Å²) in [6.45, 7) is 0.200. The summed E-state index contributed by atoms with van der Waals surface area (Å²) in [7, 11) is 1.58. The lowest BCUT2D eigenvalue weighted by Gasteiger charge is -2.13. The third-order valence-corrected chi connectivity index (χ3v) is 5.58. The molecule has 2 aromatic rings. The highest BCUT2D eigenvalue weighted by atomic mass is 35.5. The van der Waals surface area contributed by atoms with E-state index in [1.807, 2.05) is 12.1 Å². The zero-order valence-electron chi connectivity index (χ0n) is 14.1. The molecule has 0 atom stereocenters. The van der Waals surface area contributed by atoms with E-state index in [9.17, 15) is 4.79 Å². The molecule has 0 unspecified atom stereocenters. The van der Waals surface area contributed by atoms with Crippen molar-refractivity contribution in [1.82, 2.24) is 5.01 Å². The monoisotopic (exact) mass is 440 g/mol. The summed E-state index contributed by atoms with van der Waals surface area (Å²) in [5, 5.41) is 6.25. The second-order valence-electron chi connectivity index (χ2n) is 5.42. The smallest absolute Gasteiger partial charge is 0.259 e. The van der Waals surface area contributed by atoms with Crippen LogP contribution in [0.3, 0.4) is 0 Å². The predicted octanol–water partition coefficient (Wildman–Crippen LogP) is 4.78. The number of hydrogen-bond donors (Lipinski definition) is 0. The SMILES string of the molecule is COc1ccc(/C=N\N2C(=O)CSC2=S)cc1COc1c(Cl)cccc1Cl. The Morgan fingerprint density at radius 2 is 2.04 bits per heavy atom. The molecule has 1 saturated heterocycles. The van der Waals surface area contributed by atoms with Gasteiger partial charge in [-0.05, 0) is 35.9 Å². The molecule has 0 aliphatic carbocycles. The quantitative estimate of drug-likeness (QED) is 0.477. The Balaban J connectivity index is 1.79. The molecule has 2 aromatic carbocycles. The molecule has 0 spiro atoms. The Labute approximate surface area is 176 Å². The normalized spacial score (nSPS) is 14.3. The van der Waals surface area contributed by atoms with Gasteiger partial charge in [0.15, 0.2) is 10.1 Å². The first kappa shape index (κ1) is 19.9. The number of carbonyl (C=O) groups is 1.